The summed E-state index contributed by atoms with van der Waals surface area (Å²) < 4.78 is 6.13. The molecule has 1 unspecified atom stereocenters. The Morgan fingerprint density at radius 2 is 1.78 bits per heavy atom. The molecule has 2 aromatic carbocycles. The van der Waals surface area contributed by atoms with Gasteiger partial charge in [0.05, 0.1) is 12.2 Å². The molecule has 1 heterocycles. The molecule has 0 spiro atoms. The number of nitrogens with one attached hydrogen (secondary N) is 1. The molecule has 0 saturated heterocycles. The van der Waals surface area contributed by atoms with Crippen LogP contribution in [0.3, 0.4) is 0 Å². The van der Waals surface area contributed by atoms with Crippen LogP contribution >= 0.6 is 0 Å². The topological polar surface area (TPSA) is 41.6 Å². The first kappa shape index (κ1) is 19.3. The summed E-state index contributed by atoms with van der Waals surface area (Å²) >= 11 is 0. The Hall–Kier alpha value is -2.49. The standard InChI is InChI=1S/C23H30N2O2/c1-5-6-11-16-27-21-15-10-8-13-19(21)23(4)24-20-14-9-7-12-18(20)22(26)25(23)17(2)3/h7-10,12-15,17,24H,5-6,11,16H2,1-4H3. The summed E-state index contributed by atoms with van der Waals surface area (Å²) in [6, 6.07) is 15.8. The number of unbranched alkanes of at least 4 members (excludes halogenated alkanes) is 2. The fourth-order valence-corrected chi connectivity index (χ4v) is 3.91. The zero-order valence-corrected chi connectivity index (χ0v) is 16.8. The minimum absolute atomic E-state index is 0.0384. The Morgan fingerprint density at radius 3 is 2.52 bits per heavy atom. The number of nitrogens with zero attached hydrogens (tertiary/aromatic N) is 1. The van der Waals surface area contributed by atoms with Crippen LogP contribution in [0.2, 0.25) is 0 Å². The number of amides is 1. The molecule has 0 aliphatic carbocycles. The zero-order valence-electron chi connectivity index (χ0n) is 16.8. The summed E-state index contributed by atoms with van der Waals surface area (Å²) in [5, 5.41) is 3.62. The van der Waals surface area contributed by atoms with Gasteiger partial charge in [0.15, 0.2) is 0 Å². The molecule has 0 saturated carbocycles. The number of carbonyl (C=O) groups excluding carboxylic acids is 1. The average Bonchev–Trinajstić information content (AvgIpc) is 2.65. The maximum absolute atomic E-state index is 13.3. The lowest BCUT2D eigenvalue weighted by Gasteiger charge is -2.49. The lowest BCUT2D eigenvalue weighted by Crippen LogP contribution is -2.58. The molecule has 0 aromatic heterocycles. The molecule has 27 heavy (non-hydrogen) atoms. The van der Waals surface area contributed by atoms with E-state index in [1.165, 1.54) is 0 Å². The van der Waals surface area contributed by atoms with Gasteiger partial charge in [-0.05, 0) is 45.4 Å². The van der Waals surface area contributed by atoms with Crippen LogP contribution < -0.4 is 10.1 Å². The van der Waals surface area contributed by atoms with Crippen LogP contribution in [0.15, 0.2) is 48.5 Å². The molecule has 1 aliphatic rings. The number of hydrogen-bond donors (Lipinski definition) is 1. The SMILES string of the molecule is CCCCCOc1ccccc1C1(C)Nc2ccccc2C(=O)N1C(C)C. The van der Waals surface area contributed by atoms with Gasteiger partial charge in [0, 0.05) is 17.3 Å². The fraction of sp³-hybridized carbons (Fsp3) is 0.435. The van der Waals surface area contributed by atoms with Crippen molar-refractivity contribution in [2.75, 3.05) is 11.9 Å². The Morgan fingerprint density at radius 1 is 1.07 bits per heavy atom. The van der Waals surface area contributed by atoms with Crippen molar-refractivity contribution in [2.45, 2.75) is 58.7 Å². The van der Waals surface area contributed by atoms with E-state index in [-0.39, 0.29) is 11.9 Å². The first-order valence-electron chi connectivity index (χ1n) is 9.92. The number of para-hydroxylation sites is 2. The molecule has 4 heteroatoms. The molecule has 1 atom stereocenters. The molecule has 1 aliphatic heterocycles. The van der Waals surface area contributed by atoms with Gasteiger partial charge < -0.3 is 15.0 Å². The maximum Gasteiger partial charge on any atom is 0.258 e. The second kappa shape index (κ2) is 8.03. The van der Waals surface area contributed by atoms with E-state index in [0.29, 0.717) is 12.2 Å². The third kappa shape index (κ3) is 3.66. The highest BCUT2D eigenvalue weighted by Crippen LogP contribution is 2.42. The van der Waals surface area contributed by atoms with Crippen LogP contribution in [0.5, 0.6) is 5.75 Å². The average molecular weight is 367 g/mol. The highest BCUT2D eigenvalue weighted by Gasteiger charge is 2.45. The Bertz CT molecular complexity index is 802. The van der Waals surface area contributed by atoms with Crippen molar-refractivity contribution >= 4 is 11.6 Å². The van der Waals surface area contributed by atoms with Gasteiger partial charge in [-0.2, -0.15) is 0 Å². The quantitative estimate of drug-likeness (QED) is 0.667. The second-order valence-electron chi connectivity index (χ2n) is 7.56. The molecular formula is C23H30N2O2. The first-order chi connectivity index (χ1) is 13.0. The van der Waals surface area contributed by atoms with Crippen LogP contribution in [-0.4, -0.2) is 23.5 Å². The molecule has 3 rings (SSSR count). The second-order valence-corrected chi connectivity index (χ2v) is 7.56. The van der Waals surface area contributed by atoms with E-state index in [1.54, 1.807) is 0 Å². The number of rotatable bonds is 7. The smallest absolute Gasteiger partial charge is 0.258 e. The highest BCUT2D eigenvalue weighted by atomic mass is 16.5. The monoisotopic (exact) mass is 366 g/mol. The van der Waals surface area contributed by atoms with Crippen molar-refractivity contribution in [3.8, 4) is 5.75 Å². The number of anilines is 1. The predicted octanol–water partition coefficient (Wildman–Crippen LogP) is 5.40. The third-order valence-electron chi connectivity index (χ3n) is 5.17. The minimum Gasteiger partial charge on any atom is -0.493 e. The number of fused-ring (bicyclic) bond motifs is 1. The molecule has 1 N–H and O–H groups in total. The van der Waals surface area contributed by atoms with Crippen LogP contribution in [0.1, 0.15) is 62.9 Å². The van der Waals surface area contributed by atoms with Gasteiger partial charge in [0.2, 0.25) is 0 Å². The summed E-state index contributed by atoms with van der Waals surface area (Å²) in [6.07, 6.45) is 3.35. The van der Waals surface area contributed by atoms with Gasteiger partial charge in [0.25, 0.3) is 5.91 Å². The maximum atomic E-state index is 13.3. The van der Waals surface area contributed by atoms with Crippen LogP contribution in [-0.2, 0) is 5.66 Å². The molecule has 0 radical (unpaired) electrons. The van der Waals surface area contributed by atoms with Crippen LogP contribution in [0, 0.1) is 0 Å². The van der Waals surface area contributed by atoms with E-state index in [9.17, 15) is 4.79 Å². The fourth-order valence-electron chi connectivity index (χ4n) is 3.91. The van der Waals surface area contributed by atoms with Crippen LogP contribution in [0.4, 0.5) is 5.69 Å². The molecule has 0 fully saturated rings. The van der Waals surface area contributed by atoms with E-state index in [2.05, 4.69) is 39.1 Å². The molecule has 1 amide bonds. The number of ether oxygens (including phenoxy) is 1. The van der Waals surface area contributed by atoms with E-state index in [4.69, 9.17) is 4.74 Å². The number of carbonyl (C=O) groups is 1. The Kier molecular flexibility index (Phi) is 5.73. The van der Waals surface area contributed by atoms with Crippen molar-refractivity contribution in [3.63, 3.8) is 0 Å². The van der Waals surface area contributed by atoms with E-state index < -0.39 is 5.66 Å². The van der Waals surface area contributed by atoms with E-state index >= 15 is 0 Å². The Labute approximate surface area is 162 Å². The molecule has 0 bridgehead atoms. The van der Waals surface area contributed by atoms with Crippen molar-refractivity contribution in [1.82, 2.24) is 4.90 Å². The molecule has 144 valence electrons. The molecule has 4 nitrogen and oxygen atoms in total. The molecular weight excluding hydrogens is 336 g/mol. The number of benzene rings is 2. The first-order valence-corrected chi connectivity index (χ1v) is 9.92. The van der Waals surface area contributed by atoms with E-state index in [1.807, 2.05) is 47.4 Å². The zero-order chi connectivity index (χ0) is 19.4. The van der Waals surface area contributed by atoms with Crippen molar-refractivity contribution < 1.29 is 9.53 Å². The summed E-state index contributed by atoms with van der Waals surface area (Å²) in [5.41, 5.74) is 1.88. The highest BCUT2D eigenvalue weighted by molar-refractivity contribution is 6.02. The lowest BCUT2D eigenvalue weighted by molar-refractivity contribution is 0.0426. The van der Waals surface area contributed by atoms with Gasteiger partial charge in [0.1, 0.15) is 11.4 Å². The van der Waals surface area contributed by atoms with Gasteiger partial charge in [-0.1, -0.05) is 50.1 Å². The molecule has 2 aromatic rings. The summed E-state index contributed by atoms with van der Waals surface area (Å²) in [7, 11) is 0. The van der Waals surface area contributed by atoms with Gasteiger partial charge in [-0.25, -0.2) is 0 Å². The lowest BCUT2D eigenvalue weighted by atomic mass is 9.91. The van der Waals surface area contributed by atoms with E-state index in [0.717, 1.165) is 36.3 Å². The predicted molar refractivity (Wildman–Crippen MR) is 110 cm³/mol. The van der Waals surface area contributed by atoms with Crippen molar-refractivity contribution in [1.29, 1.82) is 0 Å². The summed E-state index contributed by atoms with van der Waals surface area (Å²) in [4.78, 5) is 15.2. The minimum atomic E-state index is -0.680. The summed E-state index contributed by atoms with van der Waals surface area (Å²) in [5.74, 6) is 0.879. The largest absolute Gasteiger partial charge is 0.493 e. The normalized spacial score (nSPS) is 19.0. The van der Waals surface area contributed by atoms with Gasteiger partial charge in [-0.3, -0.25) is 4.79 Å². The van der Waals surface area contributed by atoms with Gasteiger partial charge in [-0.15, -0.1) is 0 Å². The van der Waals surface area contributed by atoms with Crippen molar-refractivity contribution in [3.05, 3.63) is 59.7 Å². The van der Waals surface area contributed by atoms with Crippen molar-refractivity contribution in [2.24, 2.45) is 0 Å². The third-order valence-corrected chi connectivity index (χ3v) is 5.17. The number of hydrogen-bond acceptors (Lipinski definition) is 3. The summed E-state index contributed by atoms with van der Waals surface area (Å²) in [6.45, 7) is 9.04. The van der Waals surface area contributed by atoms with Gasteiger partial charge >= 0.3 is 0 Å². The Balaban J connectivity index is 2.02. The van der Waals surface area contributed by atoms with Crippen LogP contribution in [0.25, 0.3) is 0 Å².